The normalized spacial score (nSPS) is 10.8. The molecule has 0 unspecified atom stereocenters. The summed E-state index contributed by atoms with van der Waals surface area (Å²) in [6.45, 7) is 3.94. The molecular formula is C17H16ClNO. The van der Waals surface area contributed by atoms with Gasteiger partial charge < -0.3 is 5.32 Å². The number of anilines is 1. The fraction of sp³-hybridized carbons (Fsp3) is 0.118. The molecule has 2 nitrogen and oxygen atoms in total. The SMILES string of the molecule is Cc1ccc(Cl)c(C=CC(=O)Nc2ccccc2C)c1. The monoisotopic (exact) mass is 285 g/mol. The Kier molecular flexibility index (Phi) is 4.59. The number of rotatable bonds is 3. The van der Waals surface area contributed by atoms with Crippen LogP contribution in [-0.2, 0) is 4.79 Å². The van der Waals surface area contributed by atoms with Gasteiger partial charge in [-0.05, 0) is 43.2 Å². The van der Waals surface area contributed by atoms with Crippen LogP contribution < -0.4 is 5.32 Å². The number of carbonyl (C=O) groups is 1. The summed E-state index contributed by atoms with van der Waals surface area (Å²) in [6.07, 6.45) is 3.22. The molecule has 20 heavy (non-hydrogen) atoms. The van der Waals surface area contributed by atoms with Gasteiger partial charge in [0, 0.05) is 16.8 Å². The molecule has 0 atom stereocenters. The van der Waals surface area contributed by atoms with Crippen molar-refractivity contribution >= 4 is 29.3 Å². The first kappa shape index (κ1) is 14.4. The number of benzene rings is 2. The van der Waals surface area contributed by atoms with Gasteiger partial charge in [-0.25, -0.2) is 0 Å². The van der Waals surface area contributed by atoms with Crippen LogP contribution in [0.3, 0.4) is 0 Å². The molecule has 0 saturated carbocycles. The number of nitrogens with one attached hydrogen (secondary N) is 1. The van der Waals surface area contributed by atoms with Gasteiger partial charge in [0.05, 0.1) is 0 Å². The van der Waals surface area contributed by atoms with E-state index in [1.165, 1.54) is 6.08 Å². The van der Waals surface area contributed by atoms with Crippen molar-refractivity contribution in [3.8, 4) is 0 Å². The molecule has 1 N–H and O–H groups in total. The second-order valence-electron chi connectivity index (χ2n) is 4.66. The molecule has 0 bridgehead atoms. The molecule has 1 amide bonds. The van der Waals surface area contributed by atoms with Gasteiger partial charge in [-0.2, -0.15) is 0 Å². The highest BCUT2D eigenvalue weighted by Gasteiger charge is 2.01. The first-order valence-electron chi connectivity index (χ1n) is 6.37. The average molecular weight is 286 g/mol. The van der Waals surface area contributed by atoms with E-state index in [4.69, 9.17) is 11.6 Å². The third-order valence-corrected chi connectivity index (χ3v) is 3.31. The van der Waals surface area contributed by atoms with Crippen molar-refractivity contribution in [3.05, 3.63) is 70.3 Å². The molecule has 2 aromatic rings. The summed E-state index contributed by atoms with van der Waals surface area (Å²) in [5, 5.41) is 3.48. The summed E-state index contributed by atoms with van der Waals surface area (Å²) in [4.78, 5) is 11.9. The highest BCUT2D eigenvalue weighted by atomic mass is 35.5. The van der Waals surface area contributed by atoms with Crippen LogP contribution in [0.2, 0.25) is 5.02 Å². The molecular weight excluding hydrogens is 270 g/mol. The van der Waals surface area contributed by atoms with Crippen LogP contribution in [0.5, 0.6) is 0 Å². The maximum Gasteiger partial charge on any atom is 0.248 e. The van der Waals surface area contributed by atoms with E-state index in [0.29, 0.717) is 5.02 Å². The van der Waals surface area contributed by atoms with Gasteiger partial charge in [0.15, 0.2) is 0 Å². The van der Waals surface area contributed by atoms with E-state index >= 15 is 0 Å². The summed E-state index contributed by atoms with van der Waals surface area (Å²) in [7, 11) is 0. The third kappa shape index (κ3) is 3.72. The molecule has 2 aromatic carbocycles. The average Bonchev–Trinajstić information content (AvgIpc) is 2.42. The van der Waals surface area contributed by atoms with E-state index in [2.05, 4.69) is 5.32 Å². The topological polar surface area (TPSA) is 29.1 Å². The first-order chi connectivity index (χ1) is 9.56. The Balaban J connectivity index is 2.10. The van der Waals surface area contributed by atoms with Crippen molar-refractivity contribution < 1.29 is 4.79 Å². The summed E-state index contributed by atoms with van der Waals surface area (Å²) >= 11 is 6.08. The number of hydrogen-bond acceptors (Lipinski definition) is 1. The molecule has 0 spiro atoms. The van der Waals surface area contributed by atoms with Crippen LogP contribution >= 0.6 is 11.6 Å². The molecule has 0 aliphatic rings. The molecule has 0 radical (unpaired) electrons. The van der Waals surface area contributed by atoms with Crippen molar-refractivity contribution in [2.24, 2.45) is 0 Å². The molecule has 0 aliphatic heterocycles. The van der Waals surface area contributed by atoms with Crippen molar-refractivity contribution in [1.82, 2.24) is 0 Å². The van der Waals surface area contributed by atoms with Crippen LogP contribution in [0.25, 0.3) is 6.08 Å². The van der Waals surface area contributed by atoms with Gasteiger partial charge in [0.1, 0.15) is 0 Å². The fourth-order valence-electron chi connectivity index (χ4n) is 1.84. The molecule has 0 aromatic heterocycles. The molecule has 102 valence electrons. The zero-order valence-corrected chi connectivity index (χ0v) is 12.2. The van der Waals surface area contributed by atoms with Gasteiger partial charge in [-0.15, -0.1) is 0 Å². The molecule has 0 saturated heterocycles. The zero-order chi connectivity index (χ0) is 14.5. The van der Waals surface area contributed by atoms with Crippen molar-refractivity contribution in [1.29, 1.82) is 0 Å². The Morgan fingerprint density at radius 1 is 1.15 bits per heavy atom. The molecule has 0 aliphatic carbocycles. The van der Waals surface area contributed by atoms with E-state index in [1.807, 2.05) is 56.3 Å². The number of hydrogen-bond donors (Lipinski definition) is 1. The smallest absolute Gasteiger partial charge is 0.248 e. The maximum atomic E-state index is 11.9. The van der Waals surface area contributed by atoms with E-state index < -0.39 is 0 Å². The number of aryl methyl sites for hydroxylation is 2. The number of halogens is 1. The molecule has 0 heterocycles. The quantitative estimate of drug-likeness (QED) is 0.820. The van der Waals surface area contributed by atoms with Crippen LogP contribution in [0.1, 0.15) is 16.7 Å². The standard InChI is InChI=1S/C17H16ClNO/c1-12-7-9-15(18)14(11-12)8-10-17(20)19-16-6-4-3-5-13(16)2/h3-11H,1-2H3,(H,19,20). The van der Waals surface area contributed by atoms with Gasteiger partial charge in [0.2, 0.25) is 5.91 Å². The highest BCUT2D eigenvalue weighted by molar-refractivity contribution is 6.32. The predicted molar refractivity (Wildman–Crippen MR) is 85.0 cm³/mol. The van der Waals surface area contributed by atoms with Crippen LogP contribution in [0.15, 0.2) is 48.5 Å². The Labute approximate surface area is 124 Å². The Hall–Kier alpha value is -2.06. The number of amides is 1. The van der Waals surface area contributed by atoms with Gasteiger partial charge in [0.25, 0.3) is 0 Å². The van der Waals surface area contributed by atoms with Crippen LogP contribution in [-0.4, -0.2) is 5.91 Å². The van der Waals surface area contributed by atoms with Gasteiger partial charge >= 0.3 is 0 Å². The summed E-state index contributed by atoms with van der Waals surface area (Å²) < 4.78 is 0. The summed E-state index contributed by atoms with van der Waals surface area (Å²) in [6, 6.07) is 13.4. The lowest BCUT2D eigenvalue weighted by Crippen LogP contribution is -2.08. The minimum Gasteiger partial charge on any atom is -0.322 e. The number of para-hydroxylation sites is 1. The lowest BCUT2D eigenvalue weighted by molar-refractivity contribution is -0.111. The second-order valence-corrected chi connectivity index (χ2v) is 5.07. The van der Waals surface area contributed by atoms with Gasteiger partial charge in [-0.1, -0.05) is 47.5 Å². The minimum absolute atomic E-state index is 0.170. The van der Waals surface area contributed by atoms with E-state index in [0.717, 1.165) is 22.4 Å². The Bertz CT molecular complexity index is 662. The summed E-state index contributed by atoms with van der Waals surface area (Å²) in [5.74, 6) is -0.170. The van der Waals surface area contributed by atoms with Crippen LogP contribution in [0.4, 0.5) is 5.69 Å². The highest BCUT2D eigenvalue weighted by Crippen LogP contribution is 2.19. The van der Waals surface area contributed by atoms with Crippen molar-refractivity contribution in [3.63, 3.8) is 0 Å². The lowest BCUT2D eigenvalue weighted by atomic mass is 10.1. The molecule has 3 heteroatoms. The predicted octanol–water partition coefficient (Wildman–Crippen LogP) is 4.61. The third-order valence-electron chi connectivity index (χ3n) is 2.97. The zero-order valence-electron chi connectivity index (χ0n) is 11.5. The van der Waals surface area contributed by atoms with Crippen molar-refractivity contribution in [2.75, 3.05) is 5.32 Å². The lowest BCUT2D eigenvalue weighted by Gasteiger charge is -2.05. The first-order valence-corrected chi connectivity index (χ1v) is 6.75. The minimum atomic E-state index is -0.170. The molecule has 0 fully saturated rings. The van der Waals surface area contributed by atoms with E-state index in [1.54, 1.807) is 6.08 Å². The van der Waals surface area contributed by atoms with E-state index in [-0.39, 0.29) is 5.91 Å². The Morgan fingerprint density at radius 3 is 2.65 bits per heavy atom. The molecule has 2 rings (SSSR count). The largest absolute Gasteiger partial charge is 0.322 e. The van der Waals surface area contributed by atoms with Crippen LogP contribution in [0, 0.1) is 13.8 Å². The fourth-order valence-corrected chi connectivity index (χ4v) is 2.02. The Morgan fingerprint density at radius 2 is 1.90 bits per heavy atom. The van der Waals surface area contributed by atoms with Crippen molar-refractivity contribution in [2.45, 2.75) is 13.8 Å². The number of carbonyl (C=O) groups excluding carboxylic acids is 1. The second kappa shape index (κ2) is 6.40. The maximum absolute atomic E-state index is 11.9. The van der Waals surface area contributed by atoms with E-state index in [9.17, 15) is 4.79 Å². The summed E-state index contributed by atoms with van der Waals surface area (Å²) in [5.41, 5.74) is 3.79. The van der Waals surface area contributed by atoms with Gasteiger partial charge in [-0.3, -0.25) is 4.79 Å².